The van der Waals surface area contributed by atoms with Crippen LogP contribution < -0.4 is 0 Å². The molecular weight excluding hydrogens is 261 g/mol. The Bertz CT molecular complexity index is 439. The van der Waals surface area contributed by atoms with Gasteiger partial charge < -0.3 is 0 Å². The molecule has 0 heterocycles. The molecule has 2 rings (SSSR count). The van der Waals surface area contributed by atoms with Gasteiger partial charge in [-0.1, -0.05) is 13.0 Å². The van der Waals surface area contributed by atoms with Gasteiger partial charge in [0.2, 0.25) is 0 Å². The van der Waals surface area contributed by atoms with Crippen molar-refractivity contribution >= 4 is 11.6 Å². The summed E-state index contributed by atoms with van der Waals surface area (Å²) in [5, 5.41) is 0.136. The largest absolute Gasteiger partial charge is 0.416 e. The SMILES string of the molecule is Cc1cc(C(F)(F)F)ccc1C1CCC(Cl)C1C. The fourth-order valence-electron chi connectivity index (χ4n) is 2.82. The summed E-state index contributed by atoms with van der Waals surface area (Å²) in [5.41, 5.74) is 1.16. The molecule has 1 aromatic carbocycles. The molecule has 1 aliphatic rings. The molecule has 1 aliphatic carbocycles. The Morgan fingerprint density at radius 3 is 2.33 bits per heavy atom. The molecule has 0 spiro atoms. The van der Waals surface area contributed by atoms with Crippen molar-refractivity contribution in [2.24, 2.45) is 5.92 Å². The lowest BCUT2D eigenvalue weighted by molar-refractivity contribution is -0.137. The van der Waals surface area contributed by atoms with E-state index in [2.05, 4.69) is 6.92 Å². The third-order valence-electron chi connectivity index (χ3n) is 3.96. The molecule has 1 saturated carbocycles. The summed E-state index contributed by atoms with van der Waals surface area (Å²) in [7, 11) is 0. The Hall–Kier alpha value is -0.700. The fraction of sp³-hybridized carbons (Fsp3) is 0.571. The van der Waals surface area contributed by atoms with Gasteiger partial charge >= 0.3 is 6.18 Å². The van der Waals surface area contributed by atoms with Crippen LogP contribution in [0.2, 0.25) is 0 Å². The summed E-state index contributed by atoms with van der Waals surface area (Å²) in [6.07, 6.45) is -2.37. The molecule has 0 aliphatic heterocycles. The summed E-state index contributed by atoms with van der Waals surface area (Å²) in [6, 6.07) is 4.04. The van der Waals surface area contributed by atoms with E-state index in [1.807, 2.05) is 0 Å². The van der Waals surface area contributed by atoms with E-state index < -0.39 is 11.7 Å². The minimum Gasteiger partial charge on any atom is -0.166 e. The Labute approximate surface area is 110 Å². The highest BCUT2D eigenvalue weighted by Gasteiger charge is 2.35. The van der Waals surface area contributed by atoms with Gasteiger partial charge in [0.25, 0.3) is 0 Å². The topological polar surface area (TPSA) is 0 Å². The van der Waals surface area contributed by atoms with Gasteiger partial charge in [0.15, 0.2) is 0 Å². The Balaban J connectivity index is 2.31. The lowest BCUT2D eigenvalue weighted by Crippen LogP contribution is -2.12. The number of rotatable bonds is 1. The molecule has 0 radical (unpaired) electrons. The van der Waals surface area contributed by atoms with Crippen molar-refractivity contribution < 1.29 is 13.2 Å². The maximum atomic E-state index is 12.6. The molecule has 0 N–H and O–H groups in total. The molecule has 0 saturated heterocycles. The van der Waals surface area contributed by atoms with Gasteiger partial charge in [0.1, 0.15) is 0 Å². The van der Waals surface area contributed by atoms with Crippen molar-refractivity contribution in [2.75, 3.05) is 0 Å². The molecule has 0 nitrogen and oxygen atoms in total. The molecule has 0 amide bonds. The third-order valence-corrected chi connectivity index (χ3v) is 4.57. The molecule has 1 aromatic rings. The van der Waals surface area contributed by atoms with Crippen LogP contribution in [0.5, 0.6) is 0 Å². The first-order valence-electron chi connectivity index (χ1n) is 6.12. The average Bonchev–Trinajstić information content (AvgIpc) is 2.59. The summed E-state index contributed by atoms with van der Waals surface area (Å²) in [5.74, 6) is 0.608. The molecule has 4 heteroatoms. The molecule has 3 unspecified atom stereocenters. The third kappa shape index (κ3) is 2.51. The van der Waals surface area contributed by atoms with Gasteiger partial charge in [-0.15, -0.1) is 11.6 Å². The van der Waals surface area contributed by atoms with E-state index in [0.717, 1.165) is 18.4 Å². The van der Waals surface area contributed by atoms with Gasteiger partial charge in [0.05, 0.1) is 5.56 Å². The fourth-order valence-corrected chi connectivity index (χ4v) is 3.13. The second-order valence-corrected chi connectivity index (χ2v) is 5.69. The second-order valence-electron chi connectivity index (χ2n) is 5.13. The van der Waals surface area contributed by atoms with E-state index in [1.165, 1.54) is 12.1 Å². The number of alkyl halides is 4. The molecule has 18 heavy (non-hydrogen) atoms. The highest BCUT2D eigenvalue weighted by molar-refractivity contribution is 6.21. The van der Waals surface area contributed by atoms with Crippen molar-refractivity contribution in [2.45, 2.75) is 44.2 Å². The van der Waals surface area contributed by atoms with Crippen LogP contribution in [0.15, 0.2) is 18.2 Å². The second kappa shape index (κ2) is 4.76. The van der Waals surface area contributed by atoms with Crippen LogP contribution >= 0.6 is 11.6 Å². The van der Waals surface area contributed by atoms with Gasteiger partial charge in [-0.25, -0.2) is 0 Å². The lowest BCUT2D eigenvalue weighted by Gasteiger charge is -2.20. The Morgan fingerprint density at radius 2 is 1.89 bits per heavy atom. The first-order chi connectivity index (χ1) is 8.30. The predicted octanol–water partition coefficient (Wildman–Crippen LogP) is 5.13. The molecule has 0 bridgehead atoms. The van der Waals surface area contributed by atoms with Crippen LogP contribution in [0.4, 0.5) is 13.2 Å². The van der Waals surface area contributed by atoms with Gasteiger partial charge in [0, 0.05) is 5.38 Å². The van der Waals surface area contributed by atoms with E-state index in [1.54, 1.807) is 13.0 Å². The van der Waals surface area contributed by atoms with E-state index in [4.69, 9.17) is 11.6 Å². The van der Waals surface area contributed by atoms with Crippen molar-refractivity contribution in [3.8, 4) is 0 Å². The minimum absolute atomic E-state index is 0.136. The highest BCUT2D eigenvalue weighted by Crippen LogP contribution is 2.43. The zero-order chi connectivity index (χ0) is 13.5. The lowest BCUT2D eigenvalue weighted by atomic mass is 9.86. The van der Waals surface area contributed by atoms with Gasteiger partial charge in [-0.05, 0) is 54.9 Å². The van der Waals surface area contributed by atoms with E-state index >= 15 is 0 Å². The van der Waals surface area contributed by atoms with Gasteiger partial charge in [-0.2, -0.15) is 13.2 Å². The molecule has 0 aromatic heterocycles. The van der Waals surface area contributed by atoms with Crippen molar-refractivity contribution in [1.29, 1.82) is 0 Å². The van der Waals surface area contributed by atoms with Gasteiger partial charge in [-0.3, -0.25) is 0 Å². The van der Waals surface area contributed by atoms with Crippen LogP contribution in [0.3, 0.4) is 0 Å². The highest BCUT2D eigenvalue weighted by atomic mass is 35.5. The van der Waals surface area contributed by atoms with E-state index in [9.17, 15) is 13.2 Å². The number of hydrogen-bond acceptors (Lipinski definition) is 0. The maximum absolute atomic E-state index is 12.6. The molecule has 3 atom stereocenters. The first-order valence-corrected chi connectivity index (χ1v) is 6.56. The number of hydrogen-bond donors (Lipinski definition) is 0. The standard InChI is InChI=1S/C14H16ClF3/c1-8-7-10(14(16,17)18)3-4-11(8)12-5-6-13(15)9(12)2/h3-4,7,9,12-13H,5-6H2,1-2H3. The summed E-state index contributed by atoms with van der Waals surface area (Å²) in [6.45, 7) is 3.82. The number of halogens is 4. The quantitative estimate of drug-likeness (QED) is 0.624. The molecule has 1 fully saturated rings. The number of aryl methyl sites for hydroxylation is 1. The van der Waals surface area contributed by atoms with Crippen molar-refractivity contribution in [3.05, 3.63) is 34.9 Å². The molecular formula is C14H16ClF3. The summed E-state index contributed by atoms with van der Waals surface area (Å²) in [4.78, 5) is 0. The smallest absolute Gasteiger partial charge is 0.166 e. The van der Waals surface area contributed by atoms with Crippen LogP contribution in [0, 0.1) is 12.8 Å². The first kappa shape index (κ1) is 13.7. The van der Waals surface area contributed by atoms with Crippen molar-refractivity contribution in [1.82, 2.24) is 0 Å². The monoisotopic (exact) mass is 276 g/mol. The zero-order valence-electron chi connectivity index (χ0n) is 10.4. The van der Waals surface area contributed by atoms with E-state index in [0.29, 0.717) is 11.5 Å². The summed E-state index contributed by atoms with van der Waals surface area (Å²) < 4.78 is 37.8. The average molecular weight is 277 g/mol. The van der Waals surface area contributed by atoms with Crippen LogP contribution in [-0.4, -0.2) is 5.38 Å². The molecule has 100 valence electrons. The summed E-state index contributed by atoms with van der Waals surface area (Å²) >= 11 is 6.18. The predicted molar refractivity (Wildman–Crippen MR) is 67.0 cm³/mol. The van der Waals surface area contributed by atoms with Crippen molar-refractivity contribution in [3.63, 3.8) is 0 Å². The number of benzene rings is 1. The van der Waals surface area contributed by atoms with Crippen LogP contribution in [-0.2, 0) is 6.18 Å². The van der Waals surface area contributed by atoms with Crippen LogP contribution in [0.25, 0.3) is 0 Å². The normalized spacial score (nSPS) is 28.7. The van der Waals surface area contributed by atoms with Crippen LogP contribution in [0.1, 0.15) is 42.4 Å². The Kier molecular flexibility index (Phi) is 3.63. The minimum atomic E-state index is -4.26. The van der Waals surface area contributed by atoms with E-state index in [-0.39, 0.29) is 11.3 Å². The zero-order valence-corrected chi connectivity index (χ0v) is 11.1. The maximum Gasteiger partial charge on any atom is 0.416 e. The Morgan fingerprint density at radius 1 is 1.22 bits per heavy atom.